The van der Waals surface area contributed by atoms with Gasteiger partial charge in [-0.2, -0.15) is 0 Å². The number of hydrogen-bond donors (Lipinski definition) is 0. The van der Waals surface area contributed by atoms with E-state index in [0.29, 0.717) is 0 Å². The molecule has 0 aromatic heterocycles. The molecule has 2 rings (SSSR count). The van der Waals surface area contributed by atoms with Crippen LogP contribution in [0.3, 0.4) is 0 Å². The summed E-state index contributed by atoms with van der Waals surface area (Å²) in [5.74, 6) is 0. The molecule has 0 saturated heterocycles. The van der Waals surface area contributed by atoms with Gasteiger partial charge in [0.2, 0.25) is 0 Å². The molecule has 0 spiro atoms. The van der Waals surface area contributed by atoms with Crippen LogP contribution in [0, 0.1) is 5.41 Å². The zero-order valence-corrected chi connectivity index (χ0v) is 19.4. The Morgan fingerprint density at radius 2 is 1.26 bits per heavy atom. The first-order valence-electron chi connectivity index (χ1n) is 7.87. The number of hydrogen-bond acceptors (Lipinski definition) is 1. The molecule has 1 nitrogen and oxygen atoms in total. The summed E-state index contributed by atoms with van der Waals surface area (Å²) < 4.78 is 9.67. The molecule has 23 heavy (non-hydrogen) atoms. The van der Waals surface area contributed by atoms with Crippen molar-refractivity contribution in [2.45, 2.75) is 33.3 Å². The van der Waals surface area contributed by atoms with Crippen molar-refractivity contribution >= 4 is 40.6 Å². The molecular weight excluding hydrogens is 502 g/mol. The third kappa shape index (κ3) is 4.02. The van der Waals surface area contributed by atoms with Gasteiger partial charge in [-0.3, -0.25) is 0 Å². The molecule has 1 unspecified atom stereocenters. The van der Waals surface area contributed by atoms with E-state index in [9.17, 15) is 0 Å². The summed E-state index contributed by atoms with van der Waals surface area (Å²) in [5.41, 5.74) is -0.401. The monoisotopic (exact) mass is 528 g/mol. The van der Waals surface area contributed by atoms with Gasteiger partial charge in [-0.05, 0) is 0 Å². The van der Waals surface area contributed by atoms with Gasteiger partial charge in [0.1, 0.15) is 0 Å². The second-order valence-electron chi connectivity index (χ2n) is 6.99. The van der Waals surface area contributed by atoms with Gasteiger partial charge in [-0.25, -0.2) is 0 Å². The fraction of sp³-hybridized carbons (Fsp3) is 0.300. The Kier molecular flexibility index (Phi) is 6.01. The van der Waals surface area contributed by atoms with Gasteiger partial charge in [-0.15, -0.1) is 0 Å². The van der Waals surface area contributed by atoms with E-state index in [1.54, 1.807) is 0 Å². The second kappa shape index (κ2) is 7.28. The Labute approximate surface area is 154 Å². The van der Waals surface area contributed by atoms with E-state index in [1.165, 1.54) is 7.16 Å². The summed E-state index contributed by atoms with van der Waals surface area (Å²) in [6.07, 6.45) is 1.98. The van der Waals surface area contributed by atoms with Crippen molar-refractivity contribution in [3.8, 4) is 0 Å². The van der Waals surface area contributed by atoms with Crippen molar-refractivity contribution in [1.29, 1.82) is 0 Å². The summed E-state index contributed by atoms with van der Waals surface area (Å²) in [6, 6.07) is 21.4. The predicted molar refractivity (Wildman–Crippen MR) is 111 cm³/mol. The average molecular weight is 527 g/mol. The van der Waals surface area contributed by atoms with Crippen molar-refractivity contribution in [3.63, 3.8) is 0 Å². The number of halogens is 1. The van der Waals surface area contributed by atoms with Crippen LogP contribution in [0.1, 0.15) is 27.7 Å². The molecule has 0 aliphatic carbocycles. The molecule has 0 N–H and O–H groups in total. The summed E-state index contributed by atoms with van der Waals surface area (Å²) >= 11 is -0.654. The summed E-state index contributed by atoms with van der Waals surface area (Å²) in [6.45, 7) is 12.9. The fourth-order valence-corrected chi connectivity index (χ4v) is 18.2. The van der Waals surface area contributed by atoms with Gasteiger partial charge in [0.05, 0.1) is 0 Å². The molecule has 0 amide bonds. The predicted octanol–water partition coefficient (Wildman–Crippen LogP) is 4.69. The Balaban J connectivity index is 2.58. The molecule has 0 aliphatic rings. The van der Waals surface area contributed by atoms with Crippen molar-refractivity contribution in [3.05, 3.63) is 73.3 Å². The Morgan fingerprint density at radius 3 is 1.57 bits per heavy atom. The van der Waals surface area contributed by atoms with Crippen molar-refractivity contribution < 1.29 is 3.07 Å². The van der Waals surface area contributed by atoms with E-state index in [2.05, 4.69) is 114 Å². The Hall–Kier alpha value is -0.331. The van der Waals surface area contributed by atoms with Gasteiger partial charge >= 0.3 is 156 Å². The van der Waals surface area contributed by atoms with Crippen molar-refractivity contribution in [1.82, 2.24) is 0 Å². The first kappa shape index (κ1) is 19.0. The van der Waals surface area contributed by atoms with Crippen LogP contribution in [0.2, 0.25) is 0 Å². The van der Waals surface area contributed by atoms with Gasteiger partial charge in [0.25, 0.3) is 0 Å². The molecule has 3 heteroatoms. The Bertz CT molecular complexity index is 609. The molecule has 0 bridgehead atoms. The molecule has 2 aromatic rings. The van der Waals surface area contributed by atoms with Crippen LogP contribution >= 0.6 is 18.6 Å². The van der Waals surface area contributed by atoms with E-state index in [4.69, 9.17) is 3.07 Å². The zero-order chi connectivity index (χ0) is 17.1. The van der Waals surface area contributed by atoms with Crippen LogP contribution in [-0.4, -0.2) is 20.4 Å². The van der Waals surface area contributed by atoms with Crippen LogP contribution in [0.25, 0.3) is 0 Å². The first-order chi connectivity index (χ1) is 10.7. The molecule has 1 atom stereocenters. The molecule has 2 aromatic carbocycles. The van der Waals surface area contributed by atoms with Crippen LogP contribution in [-0.2, 0) is 3.07 Å². The number of rotatable bonds is 5. The Morgan fingerprint density at radius 1 is 0.870 bits per heavy atom. The average Bonchev–Trinajstić information content (AvgIpc) is 2.55. The standard InChI is InChI=1S/C8H15O.2C6H5.HI.Sn/c1-6-8(5,9)7(2,3)4;2*1-2-4-6-5-3-1;;/h6H,1H2,2-5H3;2*1-5H;1H;/q-1;;;;+1/p-1. The molecule has 0 aliphatic heterocycles. The zero-order valence-electron chi connectivity index (χ0n) is 14.3. The molecule has 0 radical (unpaired) electrons. The van der Waals surface area contributed by atoms with E-state index in [1.807, 2.05) is 6.08 Å². The van der Waals surface area contributed by atoms with Gasteiger partial charge in [0, 0.05) is 0 Å². The SMILES string of the molecule is C=CC(C)([O][Sn-]([I])([c]1ccccc1)[c]1ccccc1)C(C)(C)C. The van der Waals surface area contributed by atoms with Crippen LogP contribution in [0.5, 0.6) is 0 Å². The van der Waals surface area contributed by atoms with Crippen LogP contribution in [0.15, 0.2) is 73.3 Å². The third-order valence-corrected chi connectivity index (χ3v) is 22.5. The maximum absolute atomic E-state index is 6.99. The molecule has 0 fully saturated rings. The third-order valence-electron chi connectivity index (χ3n) is 4.52. The van der Waals surface area contributed by atoms with E-state index in [-0.39, 0.29) is 11.0 Å². The van der Waals surface area contributed by atoms with Crippen molar-refractivity contribution in [2.24, 2.45) is 5.41 Å². The summed E-state index contributed by atoms with van der Waals surface area (Å²) in [5, 5.41) is 0. The van der Waals surface area contributed by atoms with Crippen molar-refractivity contribution in [2.75, 3.05) is 0 Å². The normalized spacial score (nSPS) is 15.0. The van der Waals surface area contributed by atoms with E-state index in [0.717, 1.165) is 0 Å². The first-order valence-corrected chi connectivity index (χ1v) is 20.2. The topological polar surface area (TPSA) is 9.23 Å². The van der Waals surface area contributed by atoms with E-state index < -0.39 is 14.8 Å². The minimum absolute atomic E-state index is 0.0222. The van der Waals surface area contributed by atoms with Gasteiger partial charge in [-0.1, -0.05) is 0 Å². The van der Waals surface area contributed by atoms with E-state index >= 15 is 0 Å². The van der Waals surface area contributed by atoms with Crippen LogP contribution in [0.4, 0.5) is 0 Å². The quantitative estimate of drug-likeness (QED) is 0.312. The van der Waals surface area contributed by atoms with Gasteiger partial charge in [0.15, 0.2) is 0 Å². The van der Waals surface area contributed by atoms with Gasteiger partial charge < -0.3 is 0 Å². The minimum atomic E-state index is -3.29. The number of benzene rings is 2. The molecule has 123 valence electrons. The van der Waals surface area contributed by atoms with Crippen LogP contribution < -0.4 is 7.16 Å². The second-order valence-corrected chi connectivity index (χ2v) is 24.5. The molecule has 0 heterocycles. The molecule has 0 saturated carbocycles. The summed E-state index contributed by atoms with van der Waals surface area (Å²) in [7, 11) is 0. The maximum atomic E-state index is 6.99. The fourth-order valence-electron chi connectivity index (χ4n) is 2.38. The summed E-state index contributed by atoms with van der Waals surface area (Å²) in [4.78, 5) is 0. The molecular formula is C20H25IOSn-.